The highest BCUT2D eigenvalue weighted by atomic mass is 79.9. The summed E-state index contributed by atoms with van der Waals surface area (Å²) in [5.74, 6) is -0.394. The molecule has 0 aliphatic heterocycles. The van der Waals surface area contributed by atoms with Crippen LogP contribution in [-0.2, 0) is 0 Å². The molecule has 0 heterocycles. The van der Waals surface area contributed by atoms with Gasteiger partial charge in [0.15, 0.2) is 0 Å². The Balaban J connectivity index is 2.37. The van der Waals surface area contributed by atoms with E-state index < -0.39 is 11.6 Å². The standard InChI is InChI=1S/C13H8BrF2NOS/c14-10-3-2-8(6-11(10)16)18-12-4-1-7(15)5-9(12)13(17)19/h1-6H,(H2,17,19). The number of thiocarbonyl (C=S) groups is 1. The van der Waals surface area contributed by atoms with Crippen molar-refractivity contribution in [2.24, 2.45) is 5.73 Å². The minimum absolute atomic E-state index is 0.00656. The first kappa shape index (κ1) is 13.9. The van der Waals surface area contributed by atoms with E-state index in [1.165, 1.54) is 30.3 Å². The molecule has 0 unspecified atom stereocenters. The monoisotopic (exact) mass is 343 g/mol. The van der Waals surface area contributed by atoms with E-state index in [1.807, 2.05) is 0 Å². The van der Waals surface area contributed by atoms with Crippen molar-refractivity contribution in [3.05, 3.63) is 58.1 Å². The van der Waals surface area contributed by atoms with E-state index in [4.69, 9.17) is 22.7 Å². The van der Waals surface area contributed by atoms with E-state index in [0.29, 0.717) is 4.47 Å². The Morgan fingerprint density at radius 1 is 1.16 bits per heavy atom. The summed E-state index contributed by atoms with van der Waals surface area (Å²) >= 11 is 7.86. The second-order valence-corrected chi connectivity index (χ2v) is 4.98. The Hall–Kier alpha value is -1.53. The topological polar surface area (TPSA) is 35.2 Å². The van der Waals surface area contributed by atoms with Gasteiger partial charge in [-0.1, -0.05) is 12.2 Å². The zero-order valence-electron chi connectivity index (χ0n) is 9.49. The molecule has 6 heteroatoms. The summed E-state index contributed by atoms with van der Waals surface area (Å²) in [6, 6.07) is 8.06. The van der Waals surface area contributed by atoms with Gasteiger partial charge in [0.1, 0.15) is 28.1 Å². The fourth-order valence-corrected chi connectivity index (χ4v) is 1.86. The number of halogens is 3. The first-order chi connectivity index (χ1) is 8.97. The lowest BCUT2D eigenvalue weighted by atomic mass is 10.2. The summed E-state index contributed by atoms with van der Waals surface area (Å²) in [4.78, 5) is 0.00656. The largest absolute Gasteiger partial charge is 0.457 e. The molecule has 0 saturated heterocycles. The van der Waals surface area contributed by atoms with Gasteiger partial charge < -0.3 is 10.5 Å². The molecule has 0 fully saturated rings. The van der Waals surface area contributed by atoms with E-state index >= 15 is 0 Å². The summed E-state index contributed by atoms with van der Waals surface area (Å²) in [5, 5.41) is 0. The second-order valence-electron chi connectivity index (χ2n) is 3.68. The lowest BCUT2D eigenvalue weighted by Crippen LogP contribution is -2.11. The molecule has 0 aliphatic rings. The Morgan fingerprint density at radius 3 is 2.53 bits per heavy atom. The molecule has 0 amide bonds. The van der Waals surface area contributed by atoms with Crippen molar-refractivity contribution in [1.82, 2.24) is 0 Å². The van der Waals surface area contributed by atoms with Crippen LogP contribution in [0.25, 0.3) is 0 Å². The molecule has 2 aromatic rings. The second kappa shape index (κ2) is 5.63. The van der Waals surface area contributed by atoms with Crippen LogP contribution in [0.1, 0.15) is 5.56 Å². The molecule has 2 N–H and O–H groups in total. The molecule has 98 valence electrons. The van der Waals surface area contributed by atoms with Crippen molar-refractivity contribution in [3.8, 4) is 11.5 Å². The van der Waals surface area contributed by atoms with Crippen LogP contribution in [0, 0.1) is 11.6 Å². The van der Waals surface area contributed by atoms with Gasteiger partial charge in [-0.05, 0) is 46.3 Å². The predicted octanol–water partition coefficient (Wildman–Crippen LogP) is 4.15. The van der Waals surface area contributed by atoms with Gasteiger partial charge in [0.25, 0.3) is 0 Å². The fraction of sp³-hybridized carbons (Fsp3) is 0. The highest BCUT2D eigenvalue weighted by Crippen LogP contribution is 2.28. The maximum atomic E-state index is 13.4. The molecule has 19 heavy (non-hydrogen) atoms. The number of ether oxygens (including phenoxy) is 1. The molecule has 0 bridgehead atoms. The van der Waals surface area contributed by atoms with E-state index in [2.05, 4.69) is 15.9 Å². The van der Waals surface area contributed by atoms with Crippen molar-refractivity contribution in [2.45, 2.75) is 0 Å². The van der Waals surface area contributed by atoms with Gasteiger partial charge in [0, 0.05) is 6.07 Å². The van der Waals surface area contributed by atoms with Crippen LogP contribution in [0.2, 0.25) is 0 Å². The van der Waals surface area contributed by atoms with E-state index in [-0.39, 0.29) is 22.1 Å². The van der Waals surface area contributed by atoms with E-state index in [1.54, 1.807) is 6.07 Å². The molecule has 0 aliphatic carbocycles. The first-order valence-corrected chi connectivity index (χ1v) is 6.40. The van der Waals surface area contributed by atoms with Crippen LogP contribution in [0.5, 0.6) is 11.5 Å². The third kappa shape index (κ3) is 3.27. The minimum Gasteiger partial charge on any atom is -0.457 e. The SMILES string of the molecule is NC(=S)c1cc(F)ccc1Oc1ccc(Br)c(F)c1. The molecule has 0 spiro atoms. The molecular weight excluding hydrogens is 336 g/mol. The third-order valence-electron chi connectivity index (χ3n) is 2.33. The Bertz CT molecular complexity index is 649. The van der Waals surface area contributed by atoms with Crippen LogP contribution in [0.15, 0.2) is 40.9 Å². The highest BCUT2D eigenvalue weighted by Gasteiger charge is 2.10. The van der Waals surface area contributed by atoms with Gasteiger partial charge in [-0.15, -0.1) is 0 Å². The molecule has 0 saturated carbocycles. The maximum absolute atomic E-state index is 13.4. The van der Waals surface area contributed by atoms with Crippen molar-refractivity contribution in [2.75, 3.05) is 0 Å². The number of hydrogen-bond donors (Lipinski definition) is 1. The summed E-state index contributed by atoms with van der Waals surface area (Å²) in [7, 11) is 0. The zero-order valence-corrected chi connectivity index (χ0v) is 11.9. The molecule has 0 aromatic heterocycles. The summed E-state index contributed by atoms with van der Waals surface area (Å²) in [6.45, 7) is 0. The molecule has 2 nitrogen and oxygen atoms in total. The number of nitrogens with two attached hydrogens (primary N) is 1. The third-order valence-corrected chi connectivity index (χ3v) is 3.19. The van der Waals surface area contributed by atoms with E-state index in [9.17, 15) is 8.78 Å². The average Bonchev–Trinajstić information content (AvgIpc) is 2.36. The van der Waals surface area contributed by atoms with Crippen LogP contribution < -0.4 is 10.5 Å². The van der Waals surface area contributed by atoms with Crippen molar-refractivity contribution < 1.29 is 13.5 Å². The average molecular weight is 344 g/mol. The van der Waals surface area contributed by atoms with Gasteiger partial charge >= 0.3 is 0 Å². The lowest BCUT2D eigenvalue weighted by molar-refractivity contribution is 0.473. The van der Waals surface area contributed by atoms with Crippen molar-refractivity contribution in [1.29, 1.82) is 0 Å². The Morgan fingerprint density at radius 2 is 1.89 bits per heavy atom. The fourth-order valence-electron chi connectivity index (χ4n) is 1.45. The maximum Gasteiger partial charge on any atom is 0.141 e. The van der Waals surface area contributed by atoms with Crippen molar-refractivity contribution in [3.63, 3.8) is 0 Å². The Labute approximate surface area is 122 Å². The molecule has 2 aromatic carbocycles. The quantitative estimate of drug-likeness (QED) is 0.850. The minimum atomic E-state index is -0.475. The number of hydrogen-bond acceptors (Lipinski definition) is 2. The van der Waals surface area contributed by atoms with Gasteiger partial charge in [0.2, 0.25) is 0 Å². The number of benzene rings is 2. The van der Waals surface area contributed by atoms with Gasteiger partial charge in [-0.25, -0.2) is 8.78 Å². The van der Waals surface area contributed by atoms with Crippen LogP contribution >= 0.6 is 28.1 Å². The highest BCUT2D eigenvalue weighted by molar-refractivity contribution is 9.10. The molecule has 0 atom stereocenters. The summed E-state index contributed by atoms with van der Waals surface area (Å²) < 4.78 is 32.3. The van der Waals surface area contributed by atoms with E-state index in [0.717, 1.165) is 0 Å². The van der Waals surface area contributed by atoms with Gasteiger partial charge in [-0.2, -0.15) is 0 Å². The van der Waals surface area contributed by atoms with Crippen LogP contribution in [0.4, 0.5) is 8.78 Å². The summed E-state index contributed by atoms with van der Waals surface area (Å²) in [6.07, 6.45) is 0. The first-order valence-electron chi connectivity index (χ1n) is 5.19. The smallest absolute Gasteiger partial charge is 0.141 e. The predicted molar refractivity (Wildman–Crippen MR) is 76.5 cm³/mol. The number of rotatable bonds is 3. The normalized spacial score (nSPS) is 10.3. The lowest BCUT2D eigenvalue weighted by Gasteiger charge is -2.10. The van der Waals surface area contributed by atoms with Gasteiger partial charge in [-0.3, -0.25) is 0 Å². The Kier molecular flexibility index (Phi) is 4.11. The van der Waals surface area contributed by atoms with Crippen molar-refractivity contribution >= 4 is 33.1 Å². The summed E-state index contributed by atoms with van der Waals surface area (Å²) in [5.41, 5.74) is 5.76. The van der Waals surface area contributed by atoms with Gasteiger partial charge in [0.05, 0.1) is 10.0 Å². The molecule has 0 radical (unpaired) electrons. The van der Waals surface area contributed by atoms with Crippen LogP contribution in [0.3, 0.4) is 0 Å². The zero-order chi connectivity index (χ0) is 14.0. The van der Waals surface area contributed by atoms with Crippen LogP contribution in [-0.4, -0.2) is 4.99 Å². The molecule has 2 rings (SSSR count). The molecular formula is C13H8BrF2NOS.